The predicted octanol–water partition coefficient (Wildman–Crippen LogP) is 11.3. The number of rotatable bonds is 4. The van der Waals surface area contributed by atoms with Crippen molar-refractivity contribution in [2.24, 2.45) is 0 Å². The number of nitrogens with one attached hydrogen (secondary N) is 1. The molecule has 9 heteroatoms. The first-order valence-corrected chi connectivity index (χ1v) is 14.2. The smallest absolute Gasteiger partial charge is 0.146 e. The van der Waals surface area contributed by atoms with Gasteiger partial charge in [-0.25, -0.2) is 26.3 Å². The van der Waals surface area contributed by atoms with Crippen LogP contribution in [0.3, 0.4) is 0 Å². The normalized spacial score (nSPS) is 10.2. The quantitative estimate of drug-likeness (QED) is 0.144. The van der Waals surface area contributed by atoms with Crippen LogP contribution in [-0.2, 0) is 0 Å². The molecule has 0 aliphatic heterocycles. The van der Waals surface area contributed by atoms with Gasteiger partial charge >= 0.3 is 0 Å². The van der Waals surface area contributed by atoms with Crippen molar-refractivity contribution in [1.82, 2.24) is 0 Å². The molecule has 0 aliphatic rings. The van der Waals surface area contributed by atoms with E-state index in [1.54, 1.807) is 72.8 Å². The third-order valence-corrected chi connectivity index (χ3v) is 6.93. The van der Waals surface area contributed by atoms with E-state index in [1.807, 2.05) is 0 Å². The highest BCUT2D eigenvalue weighted by Crippen LogP contribution is 2.28. The van der Waals surface area contributed by atoms with Crippen LogP contribution < -0.4 is 11.1 Å². The zero-order chi connectivity index (χ0) is 32.3. The van der Waals surface area contributed by atoms with Gasteiger partial charge in [0.15, 0.2) is 0 Å². The minimum absolute atomic E-state index is 0.0943. The molecule has 0 atom stereocenters. The van der Waals surface area contributed by atoms with Crippen molar-refractivity contribution >= 4 is 33.0 Å². The summed E-state index contributed by atoms with van der Waals surface area (Å²) in [5, 5.41) is 2.74. The van der Waals surface area contributed by atoms with Crippen LogP contribution in [0.1, 0.15) is 0 Å². The van der Waals surface area contributed by atoms with Gasteiger partial charge in [-0.05, 0) is 111 Å². The summed E-state index contributed by atoms with van der Waals surface area (Å²) in [7, 11) is 0. The number of nitrogen functional groups attached to an aromatic ring is 1. The molecule has 0 spiro atoms. The Bertz CT molecular complexity index is 1840. The number of benzene rings is 6. The zero-order valence-corrected chi connectivity index (χ0v) is 25.0. The van der Waals surface area contributed by atoms with E-state index >= 15 is 0 Å². The minimum atomic E-state index is -0.492. The lowest BCUT2D eigenvalue weighted by atomic mass is 10.0. The molecule has 0 saturated heterocycles. The van der Waals surface area contributed by atoms with Gasteiger partial charge in [-0.3, -0.25) is 0 Å². The monoisotopic (exact) mass is 678 g/mol. The molecule has 0 radical (unpaired) electrons. The lowest BCUT2D eigenvalue weighted by Gasteiger charge is -2.10. The fraction of sp³-hybridized carbons (Fsp3) is 0. The maximum atomic E-state index is 13.9. The molecule has 45 heavy (non-hydrogen) atoms. The van der Waals surface area contributed by atoms with Crippen LogP contribution in [0.25, 0.3) is 22.3 Å². The third kappa shape index (κ3) is 9.48. The van der Waals surface area contributed by atoms with Gasteiger partial charge in [-0.1, -0.05) is 60.7 Å². The lowest BCUT2D eigenvalue weighted by Crippen LogP contribution is -1.96. The fourth-order valence-corrected chi connectivity index (χ4v) is 4.24. The second kappa shape index (κ2) is 15.6. The van der Waals surface area contributed by atoms with Crippen molar-refractivity contribution in [2.75, 3.05) is 11.1 Å². The molecule has 3 N–H and O–H groups in total. The summed E-state index contributed by atoms with van der Waals surface area (Å²) in [6, 6.07) is 33.3. The summed E-state index contributed by atoms with van der Waals surface area (Å²) in [6.45, 7) is 0. The van der Waals surface area contributed by atoms with Gasteiger partial charge in [0.1, 0.15) is 34.9 Å². The Morgan fingerprint density at radius 1 is 0.422 bits per heavy atom. The topological polar surface area (TPSA) is 38.0 Å². The summed E-state index contributed by atoms with van der Waals surface area (Å²) in [5.41, 5.74) is 8.92. The van der Waals surface area contributed by atoms with Crippen molar-refractivity contribution in [2.45, 2.75) is 0 Å². The molecule has 0 aliphatic carbocycles. The van der Waals surface area contributed by atoms with Crippen molar-refractivity contribution in [3.05, 3.63) is 173 Å². The van der Waals surface area contributed by atoms with Gasteiger partial charge in [-0.15, -0.1) is 0 Å². The number of hydrogen-bond acceptors (Lipinski definition) is 2. The summed E-state index contributed by atoms with van der Waals surface area (Å²) < 4.78 is 78.9. The largest absolute Gasteiger partial charge is 0.396 e. The van der Waals surface area contributed by atoms with Crippen LogP contribution >= 0.6 is 15.9 Å². The molecule has 228 valence electrons. The molecular formula is C36H25BrF6N2. The summed E-state index contributed by atoms with van der Waals surface area (Å²) in [5.74, 6) is -2.25. The second-order valence-corrected chi connectivity index (χ2v) is 10.3. The molecule has 0 bridgehead atoms. The van der Waals surface area contributed by atoms with E-state index in [0.29, 0.717) is 10.0 Å². The predicted molar refractivity (Wildman–Crippen MR) is 172 cm³/mol. The average molecular weight is 680 g/mol. The second-order valence-electron chi connectivity index (χ2n) is 9.46. The first-order valence-electron chi connectivity index (χ1n) is 13.4. The van der Waals surface area contributed by atoms with Crippen LogP contribution in [0.5, 0.6) is 0 Å². The SMILES string of the molecule is Fc1ccc(-c2ccc(F)c(Nc3ccccc3F)c2)cc1.Fc1ccccc1Br.Nc1cc(-c2ccc(F)cc2)ccc1F. The molecule has 2 nitrogen and oxygen atoms in total. The van der Waals surface area contributed by atoms with Gasteiger partial charge in [0, 0.05) is 0 Å². The van der Waals surface area contributed by atoms with E-state index in [-0.39, 0.29) is 34.5 Å². The van der Waals surface area contributed by atoms with Gasteiger partial charge < -0.3 is 11.1 Å². The Balaban J connectivity index is 0.000000172. The van der Waals surface area contributed by atoms with Crippen LogP contribution in [0.4, 0.5) is 43.4 Å². The van der Waals surface area contributed by atoms with Crippen molar-refractivity contribution < 1.29 is 26.3 Å². The number of nitrogens with two attached hydrogens (primary N) is 1. The maximum absolute atomic E-state index is 13.9. The van der Waals surface area contributed by atoms with E-state index in [0.717, 1.165) is 16.7 Å². The van der Waals surface area contributed by atoms with Gasteiger partial charge in [0.25, 0.3) is 0 Å². The van der Waals surface area contributed by atoms with Crippen LogP contribution in [0.2, 0.25) is 0 Å². The molecule has 6 aromatic carbocycles. The standard InChI is InChI=1S/C18H12F3N.C12H9F2N.C6H4BrF/c19-14-8-5-12(6-9-14)13-7-10-16(21)18(11-13)22-17-4-2-1-3-15(17)20;13-10-4-1-8(2-5-10)9-3-6-11(14)12(15)7-9;7-5-3-1-2-4-6(5)8/h1-11,22H;1-7H,15H2;1-4H. The highest BCUT2D eigenvalue weighted by atomic mass is 79.9. The highest BCUT2D eigenvalue weighted by Gasteiger charge is 2.08. The molecule has 0 heterocycles. The highest BCUT2D eigenvalue weighted by molar-refractivity contribution is 9.10. The average Bonchev–Trinajstić information content (AvgIpc) is 3.04. The van der Waals surface area contributed by atoms with Crippen LogP contribution in [0, 0.1) is 34.9 Å². The molecule has 0 fully saturated rings. The van der Waals surface area contributed by atoms with Crippen molar-refractivity contribution in [1.29, 1.82) is 0 Å². The van der Waals surface area contributed by atoms with Gasteiger partial charge in [-0.2, -0.15) is 0 Å². The van der Waals surface area contributed by atoms with Crippen molar-refractivity contribution in [3.8, 4) is 22.3 Å². The molecule has 0 unspecified atom stereocenters. The molecule has 0 amide bonds. The fourth-order valence-electron chi connectivity index (χ4n) is 3.96. The summed E-state index contributed by atoms with van der Waals surface area (Å²) in [4.78, 5) is 0. The Morgan fingerprint density at radius 2 is 0.867 bits per heavy atom. The van der Waals surface area contributed by atoms with E-state index in [1.165, 1.54) is 60.7 Å². The number of para-hydroxylation sites is 1. The van der Waals surface area contributed by atoms with Crippen molar-refractivity contribution in [3.63, 3.8) is 0 Å². The molecule has 0 aromatic heterocycles. The number of halogens is 7. The van der Waals surface area contributed by atoms with Gasteiger partial charge in [0.2, 0.25) is 0 Å². The number of anilines is 3. The maximum Gasteiger partial charge on any atom is 0.146 e. The summed E-state index contributed by atoms with van der Waals surface area (Å²) in [6.07, 6.45) is 0. The van der Waals surface area contributed by atoms with E-state index in [4.69, 9.17) is 5.73 Å². The van der Waals surface area contributed by atoms with E-state index < -0.39 is 17.5 Å². The molecule has 0 saturated carbocycles. The Hall–Kier alpha value is -5.02. The summed E-state index contributed by atoms with van der Waals surface area (Å²) >= 11 is 3.02. The van der Waals surface area contributed by atoms with E-state index in [2.05, 4.69) is 21.2 Å². The van der Waals surface area contributed by atoms with Crippen LogP contribution in [-0.4, -0.2) is 0 Å². The molecular weight excluding hydrogens is 654 g/mol. The van der Waals surface area contributed by atoms with Crippen LogP contribution in [0.15, 0.2) is 138 Å². The Labute approximate surface area is 264 Å². The minimum Gasteiger partial charge on any atom is -0.396 e. The first-order chi connectivity index (χ1) is 21.6. The first kappa shape index (κ1) is 32.9. The Kier molecular flexibility index (Phi) is 11.4. The molecule has 6 aromatic rings. The third-order valence-electron chi connectivity index (χ3n) is 6.29. The Morgan fingerprint density at radius 3 is 1.36 bits per heavy atom. The zero-order valence-electron chi connectivity index (χ0n) is 23.4. The number of hydrogen-bond donors (Lipinski definition) is 2. The lowest BCUT2D eigenvalue weighted by molar-refractivity contribution is 0.621. The molecule has 6 rings (SSSR count). The van der Waals surface area contributed by atoms with E-state index in [9.17, 15) is 26.3 Å². The van der Waals surface area contributed by atoms with Gasteiger partial charge in [0.05, 0.1) is 21.5 Å².